The summed E-state index contributed by atoms with van der Waals surface area (Å²) < 4.78 is 11.1. The number of methoxy groups -OCH3 is 1. The second-order valence-corrected chi connectivity index (χ2v) is 5.02. The molecule has 0 bridgehead atoms. The molecule has 0 radical (unpaired) electrons. The van der Waals surface area contributed by atoms with Crippen molar-refractivity contribution in [3.8, 4) is 11.6 Å². The van der Waals surface area contributed by atoms with Gasteiger partial charge in [-0.2, -0.15) is 0 Å². The van der Waals surface area contributed by atoms with E-state index in [4.69, 9.17) is 15.2 Å². The fraction of sp³-hybridized carbons (Fsp3) is 0.353. The van der Waals surface area contributed by atoms with Gasteiger partial charge in [-0.25, -0.2) is 4.98 Å². The number of nitrogens with zero attached hydrogens (tertiary/aromatic N) is 1. The van der Waals surface area contributed by atoms with Crippen LogP contribution in [0.25, 0.3) is 0 Å². The van der Waals surface area contributed by atoms with Crippen molar-refractivity contribution in [1.82, 2.24) is 4.98 Å². The average Bonchev–Trinajstić information content (AvgIpc) is 2.50. The van der Waals surface area contributed by atoms with Crippen molar-refractivity contribution in [2.75, 3.05) is 7.11 Å². The monoisotopic (exact) mass is 286 g/mol. The molecule has 2 N–H and O–H groups in total. The van der Waals surface area contributed by atoms with Gasteiger partial charge >= 0.3 is 0 Å². The molecule has 0 aliphatic rings. The minimum absolute atomic E-state index is 0.122. The first-order valence-corrected chi connectivity index (χ1v) is 7.18. The first-order chi connectivity index (χ1) is 10.2. The largest absolute Gasteiger partial charge is 0.439 e. The van der Waals surface area contributed by atoms with Crippen LogP contribution in [-0.2, 0) is 17.8 Å². The summed E-state index contributed by atoms with van der Waals surface area (Å²) in [7, 11) is 1.68. The van der Waals surface area contributed by atoms with E-state index in [9.17, 15) is 0 Å². The summed E-state index contributed by atoms with van der Waals surface area (Å²) in [5.41, 5.74) is 8.13. The molecule has 1 aromatic heterocycles. The van der Waals surface area contributed by atoms with Gasteiger partial charge < -0.3 is 15.2 Å². The fourth-order valence-corrected chi connectivity index (χ4v) is 2.08. The Morgan fingerprint density at radius 2 is 2.10 bits per heavy atom. The van der Waals surface area contributed by atoms with Crippen LogP contribution in [0, 0.1) is 0 Å². The van der Waals surface area contributed by atoms with Crippen LogP contribution in [0.15, 0.2) is 42.6 Å². The van der Waals surface area contributed by atoms with E-state index in [1.165, 1.54) is 0 Å². The summed E-state index contributed by atoms with van der Waals surface area (Å²) in [6.45, 7) is 2.64. The van der Waals surface area contributed by atoms with Gasteiger partial charge in [-0.1, -0.05) is 25.1 Å². The van der Waals surface area contributed by atoms with E-state index < -0.39 is 0 Å². The number of hydrogen-bond donors (Lipinski definition) is 1. The highest BCUT2D eigenvalue weighted by atomic mass is 16.5. The lowest BCUT2D eigenvalue weighted by atomic mass is 10.1. The van der Waals surface area contributed by atoms with Crippen molar-refractivity contribution < 1.29 is 9.47 Å². The Morgan fingerprint density at radius 1 is 1.24 bits per heavy atom. The van der Waals surface area contributed by atoms with Crippen LogP contribution in [-0.4, -0.2) is 18.1 Å². The van der Waals surface area contributed by atoms with Gasteiger partial charge in [0, 0.05) is 24.9 Å². The highest BCUT2D eigenvalue weighted by Crippen LogP contribution is 2.24. The van der Waals surface area contributed by atoms with Gasteiger partial charge in [0.1, 0.15) is 5.75 Å². The lowest BCUT2D eigenvalue weighted by Gasteiger charge is -2.13. The quantitative estimate of drug-likeness (QED) is 0.848. The van der Waals surface area contributed by atoms with Crippen LogP contribution in [0.1, 0.15) is 24.5 Å². The molecule has 0 aliphatic carbocycles. The molecular formula is C17H22N2O2. The van der Waals surface area contributed by atoms with Crippen LogP contribution in [0.3, 0.4) is 0 Å². The number of aromatic nitrogens is 1. The molecule has 4 nitrogen and oxygen atoms in total. The molecule has 4 heteroatoms. The first kappa shape index (κ1) is 15.5. The lowest BCUT2D eigenvalue weighted by Crippen LogP contribution is -2.21. The van der Waals surface area contributed by atoms with Crippen LogP contribution < -0.4 is 10.5 Å². The van der Waals surface area contributed by atoms with Gasteiger partial charge in [0.2, 0.25) is 5.88 Å². The van der Waals surface area contributed by atoms with Crippen LogP contribution in [0.4, 0.5) is 0 Å². The summed E-state index contributed by atoms with van der Waals surface area (Å²) >= 11 is 0. The number of nitrogens with two attached hydrogens (primary N) is 1. The molecular weight excluding hydrogens is 264 g/mol. The Morgan fingerprint density at radius 3 is 2.86 bits per heavy atom. The topological polar surface area (TPSA) is 57.4 Å². The maximum absolute atomic E-state index is 6.03. The fourth-order valence-electron chi connectivity index (χ4n) is 2.08. The predicted octanol–water partition coefficient (Wildman–Crippen LogP) is 3.30. The van der Waals surface area contributed by atoms with Gasteiger partial charge in [-0.15, -0.1) is 0 Å². The van der Waals surface area contributed by atoms with Gasteiger partial charge in [0.15, 0.2) is 0 Å². The minimum atomic E-state index is 0.122. The smallest absolute Gasteiger partial charge is 0.222 e. The maximum atomic E-state index is 6.03. The molecule has 0 spiro atoms. The second-order valence-electron chi connectivity index (χ2n) is 5.02. The highest BCUT2D eigenvalue weighted by molar-refractivity contribution is 5.35. The molecule has 2 rings (SSSR count). The summed E-state index contributed by atoms with van der Waals surface area (Å²) in [4.78, 5) is 4.33. The number of benzene rings is 1. The summed E-state index contributed by atoms with van der Waals surface area (Å²) in [5, 5.41) is 0. The van der Waals surface area contributed by atoms with Gasteiger partial charge in [0.25, 0.3) is 0 Å². The average molecular weight is 286 g/mol. The van der Waals surface area contributed by atoms with Crippen molar-refractivity contribution in [1.29, 1.82) is 0 Å². The van der Waals surface area contributed by atoms with Gasteiger partial charge in [-0.05, 0) is 36.6 Å². The highest BCUT2D eigenvalue weighted by Gasteiger charge is 2.10. The standard InChI is InChI=1S/C17H22N2O2/c1-3-15(18)11-14-7-5-9-19-17(14)21-16-8-4-6-13(10-16)12-20-2/h4-10,15H,3,11-12,18H2,1-2H3. The predicted molar refractivity (Wildman–Crippen MR) is 83.4 cm³/mol. The Hall–Kier alpha value is -1.91. The number of hydrogen-bond acceptors (Lipinski definition) is 4. The van der Waals surface area contributed by atoms with E-state index in [0.717, 1.165) is 29.7 Å². The number of pyridine rings is 1. The van der Waals surface area contributed by atoms with Crippen molar-refractivity contribution >= 4 is 0 Å². The third-order valence-electron chi connectivity index (χ3n) is 3.28. The zero-order valence-corrected chi connectivity index (χ0v) is 12.6. The molecule has 0 amide bonds. The van der Waals surface area contributed by atoms with Crippen LogP contribution in [0.5, 0.6) is 11.6 Å². The molecule has 0 saturated heterocycles. The van der Waals surface area contributed by atoms with Crippen LogP contribution in [0.2, 0.25) is 0 Å². The molecule has 0 saturated carbocycles. The molecule has 1 heterocycles. The second kappa shape index (κ2) is 7.76. The van der Waals surface area contributed by atoms with Crippen LogP contribution >= 0.6 is 0 Å². The molecule has 1 atom stereocenters. The Kier molecular flexibility index (Phi) is 5.72. The van der Waals surface area contributed by atoms with Crippen molar-refractivity contribution in [3.63, 3.8) is 0 Å². The molecule has 0 fully saturated rings. The molecule has 112 valence electrons. The molecule has 1 aromatic carbocycles. The van der Waals surface area contributed by atoms with Gasteiger partial charge in [0.05, 0.1) is 6.61 Å². The van der Waals surface area contributed by atoms with Crippen molar-refractivity contribution in [2.24, 2.45) is 5.73 Å². The number of ether oxygens (including phenoxy) is 2. The van der Waals surface area contributed by atoms with E-state index in [0.29, 0.717) is 12.5 Å². The number of rotatable bonds is 7. The van der Waals surface area contributed by atoms with Gasteiger partial charge in [-0.3, -0.25) is 0 Å². The first-order valence-electron chi connectivity index (χ1n) is 7.18. The minimum Gasteiger partial charge on any atom is -0.439 e. The SMILES string of the molecule is CCC(N)Cc1cccnc1Oc1cccc(COC)c1. The van der Waals surface area contributed by atoms with E-state index in [2.05, 4.69) is 11.9 Å². The van der Waals surface area contributed by atoms with E-state index in [1.807, 2.05) is 36.4 Å². The van der Waals surface area contributed by atoms with E-state index >= 15 is 0 Å². The van der Waals surface area contributed by atoms with E-state index in [-0.39, 0.29) is 6.04 Å². The maximum Gasteiger partial charge on any atom is 0.222 e. The lowest BCUT2D eigenvalue weighted by molar-refractivity contribution is 0.184. The van der Waals surface area contributed by atoms with E-state index in [1.54, 1.807) is 13.3 Å². The Balaban J connectivity index is 2.17. The summed E-state index contributed by atoms with van der Waals surface area (Å²) in [6, 6.07) is 11.9. The zero-order valence-electron chi connectivity index (χ0n) is 12.6. The van der Waals surface area contributed by atoms with Crippen molar-refractivity contribution in [3.05, 3.63) is 53.7 Å². The molecule has 2 aromatic rings. The molecule has 1 unspecified atom stereocenters. The third kappa shape index (κ3) is 4.55. The summed E-state index contributed by atoms with van der Waals surface area (Å²) in [5.74, 6) is 1.38. The molecule has 21 heavy (non-hydrogen) atoms. The Labute approximate surface area is 125 Å². The third-order valence-corrected chi connectivity index (χ3v) is 3.28. The Bertz CT molecular complexity index is 572. The normalized spacial score (nSPS) is 12.1. The zero-order chi connectivity index (χ0) is 15.1. The molecule has 0 aliphatic heterocycles. The summed E-state index contributed by atoms with van der Waals surface area (Å²) in [6.07, 6.45) is 3.42. The van der Waals surface area contributed by atoms with Crippen molar-refractivity contribution in [2.45, 2.75) is 32.4 Å².